The molecular formula is C38H29N3O4. The molecule has 0 aliphatic carbocycles. The second-order valence-electron chi connectivity index (χ2n) is 11.5. The van der Waals surface area contributed by atoms with Crippen LogP contribution in [0, 0.1) is 0 Å². The number of aryl methyl sites for hydroxylation is 1. The number of aromatic nitrogens is 2. The standard InChI is InChI=1S/C38H29N3O4/c42-36-29-17-1-2-18-30(29)37(43)41(36)45-38(44)35(40-33-21-9-5-15-27(33)28-16-6-10-22-34(28)40)23-11-12-24-39-31-19-7-3-13-25(31)26-14-4-8-20-32(26)39/h1-10,13-22,35H,11-12,23-24H2/t35-/m0/s1. The molecule has 7 aromatic rings. The van der Waals surface area contributed by atoms with E-state index < -0.39 is 23.8 Å². The van der Waals surface area contributed by atoms with Crippen LogP contribution in [0.3, 0.4) is 0 Å². The van der Waals surface area contributed by atoms with E-state index >= 15 is 0 Å². The molecule has 0 saturated heterocycles. The third-order valence-electron chi connectivity index (χ3n) is 8.93. The average molecular weight is 592 g/mol. The third kappa shape index (κ3) is 4.31. The molecule has 45 heavy (non-hydrogen) atoms. The summed E-state index contributed by atoms with van der Waals surface area (Å²) in [6.07, 6.45) is 1.99. The van der Waals surface area contributed by atoms with E-state index in [-0.39, 0.29) is 11.1 Å². The fourth-order valence-corrected chi connectivity index (χ4v) is 6.89. The van der Waals surface area contributed by atoms with Crippen molar-refractivity contribution in [2.75, 3.05) is 0 Å². The Labute approximate surface area is 258 Å². The summed E-state index contributed by atoms with van der Waals surface area (Å²) in [5, 5.41) is 5.11. The van der Waals surface area contributed by atoms with Crippen molar-refractivity contribution in [2.45, 2.75) is 31.8 Å². The van der Waals surface area contributed by atoms with Gasteiger partial charge in [-0.1, -0.05) is 90.0 Å². The van der Waals surface area contributed by atoms with Crippen molar-refractivity contribution in [2.24, 2.45) is 0 Å². The number of hydroxylamine groups is 2. The first-order chi connectivity index (χ1) is 22.1. The minimum absolute atomic E-state index is 0.231. The number of benzene rings is 5. The average Bonchev–Trinajstić information content (AvgIpc) is 3.67. The monoisotopic (exact) mass is 591 g/mol. The zero-order valence-electron chi connectivity index (χ0n) is 24.4. The van der Waals surface area contributed by atoms with Crippen LogP contribution in [-0.2, 0) is 16.2 Å². The molecule has 0 spiro atoms. The van der Waals surface area contributed by atoms with Gasteiger partial charge < -0.3 is 14.0 Å². The van der Waals surface area contributed by atoms with Crippen LogP contribution >= 0.6 is 0 Å². The number of fused-ring (bicyclic) bond motifs is 7. The van der Waals surface area contributed by atoms with Crippen molar-refractivity contribution in [1.82, 2.24) is 14.2 Å². The first-order valence-electron chi connectivity index (χ1n) is 15.2. The van der Waals surface area contributed by atoms with Crippen LogP contribution in [-0.4, -0.2) is 32.0 Å². The second kappa shape index (κ2) is 10.8. The lowest BCUT2D eigenvalue weighted by Crippen LogP contribution is -2.36. The summed E-state index contributed by atoms with van der Waals surface area (Å²) in [6, 6.07) is 38.6. The van der Waals surface area contributed by atoms with E-state index in [0.717, 1.165) is 34.8 Å². The van der Waals surface area contributed by atoms with E-state index in [1.54, 1.807) is 24.3 Å². The Morgan fingerprint density at radius 2 is 0.978 bits per heavy atom. The molecule has 0 unspecified atom stereocenters. The first-order valence-corrected chi connectivity index (χ1v) is 15.2. The molecule has 1 aliphatic rings. The molecule has 0 radical (unpaired) electrons. The number of amides is 2. The molecule has 2 aromatic heterocycles. The van der Waals surface area contributed by atoms with Crippen molar-refractivity contribution >= 4 is 61.4 Å². The van der Waals surface area contributed by atoms with Gasteiger partial charge in [0.1, 0.15) is 6.04 Å². The molecule has 0 N–H and O–H groups in total. The number of carbonyl (C=O) groups excluding carboxylic acids is 3. The van der Waals surface area contributed by atoms with E-state index in [9.17, 15) is 14.4 Å². The Balaban J connectivity index is 1.12. The van der Waals surface area contributed by atoms with E-state index in [1.807, 2.05) is 53.1 Å². The molecule has 3 heterocycles. The summed E-state index contributed by atoms with van der Waals surface area (Å²) >= 11 is 0. The summed E-state index contributed by atoms with van der Waals surface area (Å²) in [4.78, 5) is 46.0. The number of para-hydroxylation sites is 4. The lowest BCUT2D eigenvalue weighted by atomic mass is 10.1. The maximum absolute atomic E-state index is 14.1. The molecule has 7 heteroatoms. The summed E-state index contributed by atoms with van der Waals surface area (Å²) in [5.41, 5.74) is 4.62. The molecule has 5 aromatic carbocycles. The largest absolute Gasteiger partial charge is 0.355 e. The molecule has 0 fully saturated rings. The summed E-state index contributed by atoms with van der Waals surface area (Å²) in [6.45, 7) is 0.779. The van der Waals surface area contributed by atoms with E-state index in [4.69, 9.17) is 4.84 Å². The van der Waals surface area contributed by atoms with Gasteiger partial charge in [-0.15, -0.1) is 0 Å². The number of rotatable bonds is 8. The SMILES string of the molecule is O=C(ON1C(=O)c2ccccc2C1=O)[C@H](CCCCn1c2ccccc2c2ccccc21)n1c2ccccc2c2ccccc21. The Hall–Kier alpha value is -5.69. The minimum atomic E-state index is -0.766. The quantitative estimate of drug-likeness (QED) is 0.132. The van der Waals surface area contributed by atoms with Gasteiger partial charge in [-0.25, -0.2) is 4.79 Å². The van der Waals surface area contributed by atoms with Gasteiger partial charge in [-0.2, -0.15) is 0 Å². The van der Waals surface area contributed by atoms with Gasteiger partial charge in [0.05, 0.1) is 11.1 Å². The zero-order valence-corrected chi connectivity index (χ0v) is 24.4. The van der Waals surface area contributed by atoms with Crippen molar-refractivity contribution in [1.29, 1.82) is 0 Å². The molecule has 7 nitrogen and oxygen atoms in total. The van der Waals surface area contributed by atoms with Crippen molar-refractivity contribution in [3.8, 4) is 0 Å². The smallest absolute Gasteiger partial charge is 0.340 e. The van der Waals surface area contributed by atoms with Gasteiger partial charge in [-0.3, -0.25) is 9.59 Å². The normalized spacial score (nSPS) is 13.7. The Kier molecular flexibility index (Phi) is 6.45. The Bertz CT molecular complexity index is 2150. The van der Waals surface area contributed by atoms with Gasteiger partial charge >= 0.3 is 5.97 Å². The molecular weight excluding hydrogens is 562 g/mol. The molecule has 1 aliphatic heterocycles. The van der Waals surface area contributed by atoms with Gasteiger partial charge in [0.2, 0.25) is 0 Å². The zero-order chi connectivity index (χ0) is 30.5. The molecule has 0 saturated carbocycles. The summed E-state index contributed by atoms with van der Waals surface area (Å²) < 4.78 is 4.35. The van der Waals surface area contributed by atoms with E-state index in [1.165, 1.54) is 21.8 Å². The van der Waals surface area contributed by atoms with Crippen LogP contribution in [0.2, 0.25) is 0 Å². The number of nitrogens with zero attached hydrogens (tertiary/aromatic N) is 3. The molecule has 220 valence electrons. The highest BCUT2D eigenvalue weighted by molar-refractivity contribution is 6.21. The number of imide groups is 1. The van der Waals surface area contributed by atoms with E-state index in [2.05, 4.69) is 53.1 Å². The highest BCUT2D eigenvalue weighted by Crippen LogP contribution is 2.35. The lowest BCUT2D eigenvalue weighted by Gasteiger charge is -2.22. The van der Waals surface area contributed by atoms with Crippen LogP contribution in [0.1, 0.15) is 46.0 Å². The molecule has 8 rings (SSSR count). The van der Waals surface area contributed by atoms with E-state index in [0.29, 0.717) is 17.9 Å². The van der Waals surface area contributed by atoms with Gasteiger partial charge in [0.25, 0.3) is 11.8 Å². The van der Waals surface area contributed by atoms with Crippen molar-refractivity contribution in [3.63, 3.8) is 0 Å². The number of hydrogen-bond acceptors (Lipinski definition) is 4. The van der Waals surface area contributed by atoms with Crippen LogP contribution < -0.4 is 0 Å². The highest BCUT2D eigenvalue weighted by atomic mass is 16.7. The fraction of sp³-hybridized carbons (Fsp3) is 0.132. The van der Waals surface area contributed by atoms with Gasteiger partial charge in [0, 0.05) is 50.2 Å². The minimum Gasteiger partial charge on any atom is -0.340 e. The first kappa shape index (κ1) is 26.9. The summed E-state index contributed by atoms with van der Waals surface area (Å²) in [5.74, 6) is -1.90. The Morgan fingerprint density at radius 3 is 1.49 bits per heavy atom. The van der Waals surface area contributed by atoms with Crippen LogP contribution in [0.15, 0.2) is 121 Å². The number of unbranched alkanes of at least 4 members (excludes halogenated alkanes) is 1. The Morgan fingerprint density at radius 1 is 0.556 bits per heavy atom. The van der Waals surface area contributed by atoms with Crippen LogP contribution in [0.5, 0.6) is 0 Å². The lowest BCUT2D eigenvalue weighted by molar-refractivity contribution is -0.172. The second-order valence-corrected chi connectivity index (χ2v) is 11.5. The molecule has 2 amide bonds. The summed E-state index contributed by atoms with van der Waals surface area (Å²) in [7, 11) is 0. The third-order valence-corrected chi connectivity index (χ3v) is 8.93. The molecule has 0 bridgehead atoms. The highest BCUT2D eigenvalue weighted by Gasteiger charge is 2.40. The predicted octanol–water partition coefficient (Wildman–Crippen LogP) is 8.07. The maximum Gasteiger partial charge on any atom is 0.355 e. The topological polar surface area (TPSA) is 73.5 Å². The van der Waals surface area contributed by atoms with Crippen molar-refractivity contribution < 1.29 is 19.2 Å². The number of carbonyl (C=O) groups is 3. The predicted molar refractivity (Wildman–Crippen MR) is 175 cm³/mol. The maximum atomic E-state index is 14.1. The molecule has 1 atom stereocenters. The van der Waals surface area contributed by atoms with Crippen LogP contribution in [0.25, 0.3) is 43.6 Å². The van der Waals surface area contributed by atoms with Crippen molar-refractivity contribution in [3.05, 3.63) is 132 Å². The van der Waals surface area contributed by atoms with Crippen LogP contribution in [0.4, 0.5) is 0 Å². The van der Waals surface area contributed by atoms with Gasteiger partial charge in [0.15, 0.2) is 0 Å². The fourth-order valence-electron chi connectivity index (χ4n) is 6.89. The van der Waals surface area contributed by atoms with Gasteiger partial charge in [-0.05, 0) is 55.7 Å². The number of hydrogen-bond donors (Lipinski definition) is 0.